The lowest BCUT2D eigenvalue weighted by molar-refractivity contribution is -0.140. The second kappa shape index (κ2) is 5.69. The van der Waals surface area contributed by atoms with Crippen LogP contribution in [0.15, 0.2) is 36.5 Å². The molecule has 0 saturated carbocycles. The predicted octanol–water partition coefficient (Wildman–Crippen LogP) is 4.15. The van der Waals surface area contributed by atoms with Gasteiger partial charge in [-0.25, -0.2) is 9.37 Å². The number of amides is 1. The fourth-order valence-corrected chi connectivity index (χ4v) is 1.74. The van der Waals surface area contributed by atoms with E-state index in [0.717, 1.165) is 12.1 Å². The third kappa shape index (κ3) is 3.49. The van der Waals surface area contributed by atoms with Crippen molar-refractivity contribution in [3.8, 4) is 0 Å². The smallest absolute Gasteiger partial charge is 0.306 e. The van der Waals surface area contributed by atoms with Crippen molar-refractivity contribution in [2.24, 2.45) is 0 Å². The number of pyridine rings is 1. The molecule has 1 N–H and O–H groups in total. The summed E-state index contributed by atoms with van der Waals surface area (Å²) in [5.74, 6) is -2.68. The molecule has 1 aromatic heterocycles. The fourth-order valence-electron chi connectivity index (χ4n) is 1.58. The van der Waals surface area contributed by atoms with Crippen LogP contribution in [-0.4, -0.2) is 10.9 Å². The lowest BCUT2D eigenvalue weighted by Crippen LogP contribution is -2.18. The maximum Gasteiger partial charge on any atom is 0.419 e. The number of nitrogens with one attached hydrogen (secondary N) is 1. The first-order valence-electron chi connectivity index (χ1n) is 5.57. The first-order valence-corrected chi connectivity index (χ1v) is 5.95. The van der Waals surface area contributed by atoms with Crippen LogP contribution in [0.3, 0.4) is 0 Å². The Kier molecular flexibility index (Phi) is 4.13. The van der Waals surface area contributed by atoms with Crippen molar-refractivity contribution in [2.45, 2.75) is 6.18 Å². The maximum atomic E-state index is 13.8. The van der Waals surface area contributed by atoms with Gasteiger partial charge >= 0.3 is 6.18 Å². The molecule has 2 rings (SSSR count). The van der Waals surface area contributed by atoms with Crippen LogP contribution in [0.5, 0.6) is 0 Å². The molecule has 0 aliphatic carbocycles. The Hall–Kier alpha value is -2.15. The molecule has 0 atom stereocenters. The number of alkyl halides is 3. The van der Waals surface area contributed by atoms with Crippen LogP contribution in [0.1, 0.15) is 15.9 Å². The number of hydrogen-bond donors (Lipinski definition) is 1. The quantitative estimate of drug-likeness (QED) is 0.845. The zero-order valence-corrected chi connectivity index (χ0v) is 11.0. The summed E-state index contributed by atoms with van der Waals surface area (Å²) in [6.07, 6.45) is -3.59. The van der Waals surface area contributed by atoms with Crippen LogP contribution in [-0.2, 0) is 6.18 Å². The highest BCUT2D eigenvalue weighted by Gasteiger charge is 2.35. The first-order chi connectivity index (χ1) is 9.79. The summed E-state index contributed by atoms with van der Waals surface area (Å²) in [4.78, 5) is 15.6. The van der Waals surface area contributed by atoms with Gasteiger partial charge in [0.25, 0.3) is 5.91 Å². The van der Waals surface area contributed by atoms with Crippen molar-refractivity contribution >= 4 is 23.3 Å². The first kappa shape index (κ1) is 15.2. The average molecular weight is 319 g/mol. The van der Waals surface area contributed by atoms with Crippen molar-refractivity contribution in [3.05, 3.63) is 58.5 Å². The van der Waals surface area contributed by atoms with Crippen molar-refractivity contribution in [3.63, 3.8) is 0 Å². The van der Waals surface area contributed by atoms with Crippen molar-refractivity contribution in [2.75, 3.05) is 5.32 Å². The minimum atomic E-state index is -4.88. The summed E-state index contributed by atoms with van der Waals surface area (Å²) in [7, 11) is 0. The molecular weight excluding hydrogens is 312 g/mol. The van der Waals surface area contributed by atoms with E-state index in [0.29, 0.717) is 6.07 Å². The van der Waals surface area contributed by atoms with E-state index in [-0.39, 0.29) is 10.8 Å². The zero-order valence-electron chi connectivity index (χ0n) is 10.2. The van der Waals surface area contributed by atoms with Gasteiger partial charge in [-0.2, -0.15) is 13.2 Å². The van der Waals surface area contributed by atoms with Crippen LogP contribution in [0, 0.1) is 5.82 Å². The number of nitrogens with zero attached hydrogens (tertiary/aromatic N) is 1. The number of halogens is 5. The molecule has 1 aromatic carbocycles. The van der Waals surface area contributed by atoms with Crippen LogP contribution < -0.4 is 5.32 Å². The molecule has 0 aliphatic rings. The Balaban J connectivity index is 2.32. The van der Waals surface area contributed by atoms with Crippen molar-refractivity contribution < 1.29 is 22.4 Å². The Bertz CT molecular complexity index is 688. The number of anilines is 1. The molecule has 21 heavy (non-hydrogen) atoms. The molecule has 8 heteroatoms. The van der Waals surface area contributed by atoms with Gasteiger partial charge < -0.3 is 5.32 Å². The highest BCUT2D eigenvalue weighted by molar-refractivity contribution is 6.30. The van der Waals surface area contributed by atoms with Gasteiger partial charge in [-0.1, -0.05) is 17.7 Å². The lowest BCUT2D eigenvalue weighted by atomic mass is 10.1. The van der Waals surface area contributed by atoms with Gasteiger partial charge in [-0.15, -0.1) is 0 Å². The van der Waals surface area contributed by atoms with E-state index in [2.05, 4.69) is 10.3 Å². The lowest BCUT2D eigenvalue weighted by Gasteiger charge is -2.11. The molecule has 1 amide bonds. The molecule has 3 nitrogen and oxygen atoms in total. The van der Waals surface area contributed by atoms with Crippen LogP contribution in [0.2, 0.25) is 5.02 Å². The highest BCUT2D eigenvalue weighted by Crippen LogP contribution is 2.32. The number of carbonyl (C=O) groups excluding carboxylic acids is 1. The van der Waals surface area contributed by atoms with E-state index in [9.17, 15) is 22.4 Å². The second-order valence-corrected chi connectivity index (χ2v) is 4.41. The minimum Gasteiger partial charge on any atom is -0.306 e. The standard InChI is InChI=1S/C13H7ClF4N2O/c14-7-4-5-19-10(6-7)20-12(21)8-2-1-3-9(11(8)15)13(16,17)18/h1-6H,(H,19,20,21). The third-order valence-electron chi connectivity index (χ3n) is 2.51. The number of carbonyl (C=O) groups is 1. The van der Waals surface area contributed by atoms with Gasteiger partial charge in [-0.05, 0) is 24.3 Å². The van der Waals surface area contributed by atoms with Crippen molar-refractivity contribution in [1.82, 2.24) is 4.98 Å². The molecule has 110 valence electrons. The Morgan fingerprint density at radius 2 is 1.95 bits per heavy atom. The summed E-state index contributed by atoms with van der Waals surface area (Å²) < 4.78 is 51.5. The van der Waals surface area contributed by atoms with Gasteiger partial charge in [0.2, 0.25) is 0 Å². The molecule has 0 radical (unpaired) electrons. The molecule has 0 spiro atoms. The van der Waals surface area contributed by atoms with Crippen LogP contribution >= 0.6 is 11.6 Å². The summed E-state index contributed by atoms with van der Waals surface area (Å²) in [5.41, 5.74) is -2.24. The number of rotatable bonds is 2. The number of hydrogen-bond acceptors (Lipinski definition) is 2. The van der Waals surface area contributed by atoms with Gasteiger partial charge in [0.1, 0.15) is 11.6 Å². The van der Waals surface area contributed by atoms with E-state index < -0.39 is 29.0 Å². The van der Waals surface area contributed by atoms with E-state index in [1.807, 2.05) is 0 Å². The largest absolute Gasteiger partial charge is 0.419 e. The van der Waals surface area contributed by atoms with Crippen LogP contribution in [0.25, 0.3) is 0 Å². The van der Waals surface area contributed by atoms with Gasteiger partial charge in [0.05, 0.1) is 11.1 Å². The molecular formula is C13H7ClF4N2O. The van der Waals surface area contributed by atoms with Gasteiger partial charge in [0.15, 0.2) is 0 Å². The number of benzene rings is 1. The Morgan fingerprint density at radius 1 is 1.24 bits per heavy atom. The Labute approximate surface area is 121 Å². The highest BCUT2D eigenvalue weighted by atomic mass is 35.5. The third-order valence-corrected chi connectivity index (χ3v) is 2.75. The van der Waals surface area contributed by atoms with Gasteiger partial charge in [-0.3, -0.25) is 4.79 Å². The fraction of sp³-hybridized carbons (Fsp3) is 0.0769. The number of aromatic nitrogens is 1. The molecule has 0 saturated heterocycles. The molecule has 0 unspecified atom stereocenters. The zero-order chi connectivity index (χ0) is 15.6. The van der Waals surface area contributed by atoms with E-state index in [1.165, 1.54) is 18.3 Å². The van der Waals surface area contributed by atoms with Crippen LogP contribution in [0.4, 0.5) is 23.4 Å². The maximum absolute atomic E-state index is 13.8. The van der Waals surface area contributed by atoms with Crippen molar-refractivity contribution in [1.29, 1.82) is 0 Å². The summed E-state index contributed by atoms with van der Waals surface area (Å²) in [5, 5.41) is 2.45. The normalized spacial score (nSPS) is 11.3. The molecule has 0 aliphatic heterocycles. The Morgan fingerprint density at radius 3 is 2.57 bits per heavy atom. The van der Waals surface area contributed by atoms with E-state index in [4.69, 9.17) is 11.6 Å². The molecule has 2 aromatic rings. The molecule has 1 heterocycles. The van der Waals surface area contributed by atoms with E-state index in [1.54, 1.807) is 0 Å². The summed E-state index contributed by atoms with van der Waals surface area (Å²) in [6, 6.07) is 5.19. The van der Waals surface area contributed by atoms with E-state index >= 15 is 0 Å². The molecule has 0 bridgehead atoms. The topological polar surface area (TPSA) is 42.0 Å². The summed E-state index contributed by atoms with van der Waals surface area (Å²) >= 11 is 5.68. The van der Waals surface area contributed by atoms with Gasteiger partial charge in [0, 0.05) is 11.2 Å². The average Bonchev–Trinajstić information content (AvgIpc) is 2.37. The molecule has 0 fully saturated rings. The minimum absolute atomic E-state index is 0.00399. The summed E-state index contributed by atoms with van der Waals surface area (Å²) in [6.45, 7) is 0. The monoisotopic (exact) mass is 318 g/mol. The SMILES string of the molecule is O=C(Nc1cc(Cl)ccn1)c1cccc(C(F)(F)F)c1F. The second-order valence-electron chi connectivity index (χ2n) is 3.98. The predicted molar refractivity (Wildman–Crippen MR) is 68.6 cm³/mol.